The molecule has 1 aliphatic heterocycles. The molecular weight excluding hydrogens is 560 g/mol. The van der Waals surface area contributed by atoms with Crippen molar-refractivity contribution in [2.45, 2.75) is 38.6 Å². The molecule has 4 heterocycles. The minimum absolute atomic E-state index is 0.000665. The summed E-state index contributed by atoms with van der Waals surface area (Å²) >= 11 is 7.30. The van der Waals surface area contributed by atoms with Gasteiger partial charge in [-0.2, -0.15) is 0 Å². The first-order valence-electron chi connectivity index (χ1n) is 13.4. The lowest BCUT2D eigenvalue weighted by Gasteiger charge is -2.25. The Morgan fingerprint density at radius 3 is 2.68 bits per heavy atom. The van der Waals surface area contributed by atoms with Gasteiger partial charge in [0.1, 0.15) is 11.0 Å². The van der Waals surface area contributed by atoms with E-state index in [0.717, 1.165) is 42.0 Å². The van der Waals surface area contributed by atoms with Crippen molar-refractivity contribution in [3.63, 3.8) is 0 Å². The number of carbonyl (C=O) groups is 1. The lowest BCUT2D eigenvalue weighted by Crippen LogP contribution is -2.33. The molecule has 41 heavy (non-hydrogen) atoms. The van der Waals surface area contributed by atoms with Gasteiger partial charge in [-0.15, -0.1) is 0 Å². The Morgan fingerprint density at radius 1 is 1.20 bits per heavy atom. The van der Waals surface area contributed by atoms with E-state index >= 15 is 0 Å². The third-order valence-electron chi connectivity index (χ3n) is 8.22. The molecular formula is C29H31ClN8O2S. The van der Waals surface area contributed by atoms with Crippen molar-refractivity contribution >= 4 is 52.0 Å². The van der Waals surface area contributed by atoms with Crippen LogP contribution < -0.4 is 20.5 Å². The van der Waals surface area contributed by atoms with Crippen molar-refractivity contribution in [1.82, 2.24) is 29.2 Å². The number of carbonyl (C=O) groups excluding carboxylic acids is 1. The molecule has 1 aliphatic carbocycles. The Kier molecular flexibility index (Phi) is 6.89. The smallest absolute Gasteiger partial charge is 0.281 e. The number of hydrogen-bond donors (Lipinski definition) is 2. The van der Waals surface area contributed by atoms with Gasteiger partial charge in [-0.05, 0) is 62.4 Å². The minimum atomic E-state index is -0.349. The summed E-state index contributed by atoms with van der Waals surface area (Å²) in [4.78, 5) is 46.8. The molecule has 2 N–H and O–H groups in total. The molecule has 4 aromatic rings. The van der Waals surface area contributed by atoms with E-state index in [1.54, 1.807) is 30.0 Å². The number of nitrogens with zero attached hydrogens (tertiary/aromatic N) is 6. The number of rotatable bonds is 7. The van der Waals surface area contributed by atoms with Crippen LogP contribution in [0.1, 0.15) is 52.4 Å². The average Bonchev–Trinajstić information content (AvgIpc) is 3.52. The van der Waals surface area contributed by atoms with E-state index in [9.17, 15) is 9.59 Å². The first-order valence-corrected chi connectivity index (χ1v) is 15.0. The molecule has 3 atom stereocenters. The molecule has 3 unspecified atom stereocenters. The number of amides is 1. The Bertz CT molecular complexity index is 1740. The van der Waals surface area contributed by atoms with Gasteiger partial charge in [0.25, 0.3) is 11.5 Å². The summed E-state index contributed by atoms with van der Waals surface area (Å²) in [7, 11) is 1.79. The average molecular weight is 591 g/mol. The van der Waals surface area contributed by atoms with E-state index < -0.39 is 0 Å². The third kappa shape index (κ3) is 4.80. The Labute approximate surface area is 247 Å². The summed E-state index contributed by atoms with van der Waals surface area (Å²) in [5.41, 5.74) is 4.23. The molecule has 6 rings (SSSR count). The molecule has 10 nitrogen and oxygen atoms in total. The molecule has 2 aliphatic rings. The van der Waals surface area contributed by atoms with E-state index in [4.69, 9.17) is 16.6 Å². The number of fused-ring (bicyclic) bond motifs is 2. The SMILES string of the molecule is CSNC(=O)c1nc(Cl)ccc1NC(C)c1cc(C)cc2c(=O)n(C)c(N3CC4CC4(c4cnc(C)nc4)C3)nc12. The zero-order valence-electron chi connectivity index (χ0n) is 23.5. The van der Waals surface area contributed by atoms with Crippen molar-refractivity contribution in [2.24, 2.45) is 13.0 Å². The van der Waals surface area contributed by atoms with Crippen LogP contribution >= 0.6 is 23.5 Å². The van der Waals surface area contributed by atoms with Crippen LogP contribution in [0, 0.1) is 19.8 Å². The normalized spacial score (nSPS) is 20.1. The summed E-state index contributed by atoms with van der Waals surface area (Å²) in [5.74, 6) is 1.53. The lowest BCUT2D eigenvalue weighted by atomic mass is 9.98. The highest BCUT2D eigenvalue weighted by atomic mass is 35.5. The number of halogens is 1. The number of piperidine rings is 1. The van der Waals surface area contributed by atoms with Gasteiger partial charge in [0, 0.05) is 49.8 Å². The number of pyridine rings is 1. The molecule has 1 saturated carbocycles. The number of aryl methyl sites for hydroxylation is 2. The summed E-state index contributed by atoms with van der Waals surface area (Å²) in [6.45, 7) is 7.41. The van der Waals surface area contributed by atoms with Crippen molar-refractivity contribution in [2.75, 3.05) is 29.6 Å². The fraction of sp³-hybridized carbons (Fsp3) is 0.379. The second kappa shape index (κ2) is 10.3. The van der Waals surface area contributed by atoms with Crippen LogP contribution in [0.5, 0.6) is 0 Å². The van der Waals surface area contributed by atoms with E-state index in [1.807, 2.05) is 45.3 Å². The predicted octanol–water partition coefficient (Wildman–Crippen LogP) is 4.35. The number of benzene rings is 1. The zero-order chi connectivity index (χ0) is 29.1. The quantitative estimate of drug-likeness (QED) is 0.239. The number of hydrogen-bond acceptors (Lipinski definition) is 9. The third-order valence-corrected chi connectivity index (χ3v) is 8.82. The molecule has 0 radical (unpaired) electrons. The first-order chi connectivity index (χ1) is 19.6. The first kappa shape index (κ1) is 27.5. The maximum atomic E-state index is 13.7. The van der Waals surface area contributed by atoms with Gasteiger partial charge < -0.3 is 10.2 Å². The Hall–Kier alpha value is -3.70. The number of nitrogens with one attached hydrogen (secondary N) is 2. The molecule has 3 aromatic heterocycles. The van der Waals surface area contributed by atoms with Crippen LogP contribution in [-0.4, -0.2) is 49.8 Å². The number of aromatic nitrogens is 5. The van der Waals surface area contributed by atoms with Crippen molar-refractivity contribution in [1.29, 1.82) is 0 Å². The highest BCUT2D eigenvalue weighted by Crippen LogP contribution is 2.59. The fourth-order valence-corrected chi connectivity index (χ4v) is 6.49. The van der Waals surface area contributed by atoms with Crippen molar-refractivity contribution in [3.8, 4) is 0 Å². The molecule has 0 bridgehead atoms. The standard InChI is InChI=1S/C29H31ClN8O2S/c1-15-8-20(16(2)33-22-6-7-23(30)34-25(22)26(39)36-41-5)24-21(9-15)27(40)37(4)28(35-24)38-13-18-10-29(18,14-38)19-11-31-17(3)32-12-19/h6-9,11-12,16,18,33H,10,13-14H2,1-5H3,(H,36,39). The van der Waals surface area contributed by atoms with E-state index in [2.05, 4.69) is 29.9 Å². The van der Waals surface area contributed by atoms with Gasteiger partial charge in [-0.3, -0.25) is 18.9 Å². The summed E-state index contributed by atoms with van der Waals surface area (Å²) < 4.78 is 4.36. The highest BCUT2D eigenvalue weighted by Gasteiger charge is 2.61. The van der Waals surface area contributed by atoms with Gasteiger partial charge in [-0.25, -0.2) is 19.9 Å². The summed E-state index contributed by atoms with van der Waals surface area (Å²) in [6, 6.07) is 7.01. The van der Waals surface area contributed by atoms with Gasteiger partial charge in [0.05, 0.1) is 22.6 Å². The topological polar surface area (TPSA) is 118 Å². The molecule has 0 spiro atoms. The minimum Gasteiger partial charge on any atom is -0.377 e. The highest BCUT2D eigenvalue weighted by molar-refractivity contribution is 7.97. The molecule has 212 valence electrons. The Morgan fingerprint density at radius 2 is 1.95 bits per heavy atom. The van der Waals surface area contributed by atoms with E-state index in [0.29, 0.717) is 28.5 Å². The fourth-order valence-electron chi connectivity index (χ4n) is 6.06. The van der Waals surface area contributed by atoms with Crippen LogP contribution in [-0.2, 0) is 12.5 Å². The Balaban J connectivity index is 1.38. The molecule has 12 heteroatoms. The molecule has 1 saturated heterocycles. The second-order valence-electron chi connectivity index (χ2n) is 11.0. The van der Waals surface area contributed by atoms with Gasteiger partial charge in [0.2, 0.25) is 5.95 Å². The number of anilines is 2. The second-order valence-corrected chi connectivity index (χ2v) is 12.0. The van der Waals surface area contributed by atoms with E-state index in [-0.39, 0.29) is 33.8 Å². The lowest BCUT2D eigenvalue weighted by molar-refractivity contribution is 0.0980. The van der Waals surface area contributed by atoms with Crippen LogP contribution in [0.2, 0.25) is 5.15 Å². The van der Waals surface area contributed by atoms with Gasteiger partial charge >= 0.3 is 0 Å². The maximum absolute atomic E-state index is 13.7. The van der Waals surface area contributed by atoms with Gasteiger partial charge in [-0.1, -0.05) is 29.6 Å². The van der Waals surface area contributed by atoms with E-state index in [1.165, 1.54) is 11.9 Å². The van der Waals surface area contributed by atoms with Crippen LogP contribution in [0.4, 0.5) is 11.6 Å². The summed E-state index contributed by atoms with van der Waals surface area (Å²) in [6.07, 6.45) is 6.73. The zero-order valence-corrected chi connectivity index (χ0v) is 25.1. The molecule has 2 fully saturated rings. The van der Waals surface area contributed by atoms with Gasteiger partial charge in [0.15, 0.2) is 5.69 Å². The predicted molar refractivity (Wildman–Crippen MR) is 163 cm³/mol. The van der Waals surface area contributed by atoms with Crippen molar-refractivity contribution in [3.05, 3.63) is 80.4 Å². The van der Waals surface area contributed by atoms with Crippen LogP contribution in [0.25, 0.3) is 10.9 Å². The van der Waals surface area contributed by atoms with Crippen LogP contribution in [0.3, 0.4) is 0 Å². The molecule has 1 amide bonds. The molecule has 1 aromatic carbocycles. The maximum Gasteiger partial charge on any atom is 0.281 e. The van der Waals surface area contributed by atoms with Crippen LogP contribution in [0.15, 0.2) is 41.5 Å². The monoisotopic (exact) mass is 590 g/mol. The summed E-state index contributed by atoms with van der Waals surface area (Å²) in [5, 5.41) is 4.20. The van der Waals surface area contributed by atoms with Crippen molar-refractivity contribution < 1.29 is 4.79 Å². The largest absolute Gasteiger partial charge is 0.377 e.